The number of H-pyrrole nitrogens is 1. The molecule has 0 atom stereocenters. The molecule has 2 N–H and O–H groups in total. The minimum atomic E-state index is -0.0844. The highest BCUT2D eigenvalue weighted by atomic mass is 32.2. The monoisotopic (exact) mass is 368 g/mol. The second kappa shape index (κ2) is 6.50. The maximum Gasteiger partial charge on any atom is 0.236 e. The number of aromatic nitrogens is 3. The zero-order chi connectivity index (χ0) is 17.4. The molecule has 0 aliphatic heterocycles. The highest BCUT2D eigenvalue weighted by molar-refractivity contribution is 7.99. The standard InChI is InChI=1S/C18H16N4OS2/c1-10-7-11(2)16-14(8-10)21-18(25-16)22-15(23)9-24-17-19-12-5-3-4-6-13(12)20-17/h3-8H,9H2,1-2H3,(H,19,20)(H,21,22,23). The summed E-state index contributed by atoms with van der Waals surface area (Å²) < 4.78 is 1.12. The van der Waals surface area contributed by atoms with Crippen molar-refractivity contribution in [2.75, 3.05) is 11.1 Å². The van der Waals surface area contributed by atoms with Gasteiger partial charge in [-0.05, 0) is 43.2 Å². The first-order valence-electron chi connectivity index (χ1n) is 7.84. The molecule has 2 heterocycles. The molecule has 0 saturated carbocycles. The van der Waals surface area contributed by atoms with E-state index in [0.29, 0.717) is 5.13 Å². The quantitative estimate of drug-likeness (QED) is 0.520. The lowest BCUT2D eigenvalue weighted by molar-refractivity contribution is -0.113. The highest BCUT2D eigenvalue weighted by Crippen LogP contribution is 2.30. The number of hydrogen-bond donors (Lipinski definition) is 2. The van der Waals surface area contributed by atoms with Gasteiger partial charge in [0.25, 0.3) is 0 Å². The summed E-state index contributed by atoms with van der Waals surface area (Å²) in [5, 5.41) is 4.27. The van der Waals surface area contributed by atoms with Crippen LogP contribution in [-0.2, 0) is 4.79 Å². The fraction of sp³-hybridized carbons (Fsp3) is 0.167. The molecule has 4 aromatic rings. The van der Waals surface area contributed by atoms with Crippen LogP contribution in [0.2, 0.25) is 0 Å². The van der Waals surface area contributed by atoms with Gasteiger partial charge in [-0.25, -0.2) is 9.97 Å². The number of benzene rings is 2. The fourth-order valence-corrected chi connectivity index (χ4v) is 4.33. The molecule has 0 spiro atoms. The van der Waals surface area contributed by atoms with Crippen molar-refractivity contribution in [1.82, 2.24) is 15.0 Å². The lowest BCUT2D eigenvalue weighted by Gasteiger charge is -1.99. The normalized spacial score (nSPS) is 11.3. The number of para-hydroxylation sites is 2. The van der Waals surface area contributed by atoms with Gasteiger partial charge in [-0.1, -0.05) is 41.3 Å². The van der Waals surface area contributed by atoms with Gasteiger partial charge < -0.3 is 10.3 Å². The number of rotatable bonds is 4. The Morgan fingerprint density at radius 1 is 1.20 bits per heavy atom. The second-order valence-corrected chi connectivity index (χ2v) is 7.81. The minimum Gasteiger partial charge on any atom is -0.333 e. The zero-order valence-electron chi connectivity index (χ0n) is 13.8. The molecule has 0 fully saturated rings. The molecule has 1 amide bonds. The van der Waals surface area contributed by atoms with Crippen LogP contribution in [0.5, 0.6) is 0 Å². The molecule has 7 heteroatoms. The summed E-state index contributed by atoms with van der Waals surface area (Å²) in [6.07, 6.45) is 0. The number of nitrogens with zero attached hydrogens (tertiary/aromatic N) is 2. The van der Waals surface area contributed by atoms with Gasteiger partial charge in [-0.2, -0.15) is 0 Å². The first-order valence-corrected chi connectivity index (χ1v) is 9.64. The number of imidazole rings is 1. The lowest BCUT2D eigenvalue weighted by atomic mass is 10.1. The summed E-state index contributed by atoms with van der Waals surface area (Å²) in [5.41, 5.74) is 5.17. The van der Waals surface area contributed by atoms with E-state index >= 15 is 0 Å². The largest absolute Gasteiger partial charge is 0.333 e. The van der Waals surface area contributed by atoms with Gasteiger partial charge in [0, 0.05) is 0 Å². The number of amides is 1. The van der Waals surface area contributed by atoms with E-state index in [-0.39, 0.29) is 11.7 Å². The van der Waals surface area contributed by atoms with Gasteiger partial charge in [0.05, 0.1) is 27.0 Å². The van der Waals surface area contributed by atoms with Gasteiger partial charge in [-0.15, -0.1) is 0 Å². The summed E-state index contributed by atoms with van der Waals surface area (Å²) in [6.45, 7) is 4.12. The van der Waals surface area contributed by atoms with Gasteiger partial charge in [0.2, 0.25) is 5.91 Å². The van der Waals surface area contributed by atoms with Crippen molar-refractivity contribution in [3.63, 3.8) is 0 Å². The molecule has 0 unspecified atom stereocenters. The predicted octanol–water partition coefficient (Wildman–Crippen LogP) is 4.52. The van der Waals surface area contributed by atoms with Crippen molar-refractivity contribution in [2.45, 2.75) is 19.0 Å². The zero-order valence-corrected chi connectivity index (χ0v) is 15.4. The lowest BCUT2D eigenvalue weighted by Crippen LogP contribution is -2.13. The van der Waals surface area contributed by atoms with Crippen molar-refractivity contribution in [3.05, 3.63) is 47.5 Å². The topological polar surface area (TPSA) is 70.7 Å². The number of thiazole rings is 1. The van der Waals surface area contributed by atoms with E-state index in [0.717, 1.165) is 26.4 Å². The number of carbonyl (C=O) groups excluding carboxylic acids is 1. The molecule has 2 aromatic carbocycles. The molecule has 0 radical (unpaired) electrons. The van der Waals surface area contributed by atoms with Gasteiger partial charge >= 0.3 is 0 Å². The summed E-state index contributed by atoms with van der Waals surface area (Å²) in [7, 11) is 0. The first-order chi connectivity index (χ1) is 12.1. The van der Waals surface area contributed by atoms with E-state index in [2.05, 4.69) is 33.3 Å². The van der Waals surface area contributed by atoms with Crippen LogP contribution in [0, 0.1) is 13.8 Å². The van der Waals surface area contributed by atoms with Crippen molar-refractivity contribution < 1.29 is 4.79 Å². The van der Waals surface area contributed by atoms with Crippen LogP contribution >= 0.6 is 23.1 Å². The molecule has 5 nitrogen and oxygen atoms in total. The van der Waals surface area contributed by atoms with Crippen molar-refractivity contribution in [3.8, 4) is 0 Å². The molecule has 25 heavy (non-hydrogen) atoms. The highest BCUT2D eigenvalue weighted by Gasteiger charge is 2.11. The molecule has 0 saturated heterocycles. The maximum absolute atomic E-state index is 12.2. The summed E-state index contributed by atoms with van der Waals surface area (Å²) in [6, 6.07) is 12.0. The number of fused-ring (bicyclic) bond motifs is 2. The Morgan fingerprint density at radius 3 is 2.88 bits per heavy atom. The molecule has 2 aromatic heterocycles. The number of thioether (sulfide) groups is 1. The third kappa shape index (κ3) is 3.38. The minimum absolute atomic E-state index is 0.0844. The Bertz CT molecular complexity index is 1050. The van der Waals surface area contributed by atoms with Gasteiger partial charge in [-0.3, -0.25) is 4.79 Å². The Kier molecular flexibility index (Phi) is 4.19. The summed E-state index contributed by atoms with van der Waals surface area (Å²) >= 11 is 2.89. The van der Waals surface area contributed by atoms with Crippen LogP contribution in [0.1, 0.15) is 11.1 Å². The van der Waals surface area contributed by atoms with E-state index in [1.165, 1.54) is 34.2 Å². The number of aryl methyl sites for hydroxylation is 2. The molecular formula is C18H16N4OS2. The predicted molar refractivity (Wildman–Crippen MR) is 105 cm³/mol. The Balaban J connectivity index is 1.44. The molecule has 0 aliphatic rings. The molecule has 0 bridgehead atoms. The number of carbonyl (C=O) groups is 1. The molecular weight excluding hydrogens is 352 g/mol. The molecule has 4 rings (SSSR count). The summed E-state index contributed by atoms with van der Waals surface area (Å²) in [5.74, 6) is 0.201. The molecule has 0 aliphatic carbocycles. The number of aromatic amines is 1. The average molecular weight is 368 g/mol. The molecule has 126 valence electrons. The van der Waals surface area contributed by atoms with Crippen LogP contribution in [0.4, 0.5) is 5.13 Å². The van der Waals surface area contributed by atoms with Crippen molar-refractivity contribution in [2.24, 2.45) is 0 Å². The third-order valence-electron chi connectivity index (χ3n) is 3.77. The van der Waals surface area contributed by atoms with Crippen molar-refractivity contribution in [1.29, 1.82) is 0 Å². The fourth-order valence-electron chi connectivity index (χ4n) is 2.72. The third-order valence-corrected chi connectivity index (χ3v) is 5.77. The Hall–Kier alpha value is -2.38. The number of nitrogens with one attached hydrogen (secondary N) is 2. The first kappa shape index (κ1) is 16.1. The van der Waals surface area contributed by atoms with Gasteiger partial charge in [0.15, 0.2) is 10.3 Å². The van der Waals surface area contributed by atoms with Crippen LogP contribution in [0.15, 0.2) is 41.6 Å². The van der Waals surface area contributed by atoms with E-state index in [4.69, 9.17) is 0 Å². The van der Waals surface area contributed by atoms with E-state index in [1.807, 2.05) is 37.3 Å². The maximum atomic E-state index is 12.2. The van der Waals surface area contributed by atoms with Crippen molar-refractivity contribution >= 4 is 55.4 Å². The van der Waals surface area contributed by atoms with Crippen LogP contribution < -0.4 is 5.32 Å². The smallest absolute Gasteiger partial charge is 0.236 e. The number of hydrogen-bond acceptors (Lipinski definition) is 5. The van der Waals surface area contributed by atoms with Gasteiger partial charge in [0.1, 0.15) is 0 Å². The Labute approximate surface area is 152 Å². The van der Waals surface area contributed by atoms with E-state index in [9.17, 15) is 4.79 Å². The summed E-state index contributed by atoms with van der Waals surface area (Å²) in [4.78, 5) is 24.4. The Morgan fingerprint density at radius 2 is 2.04 bits per heavy atom. The second-order valence-electron chi connectivity index (χ2n) is 5.85. The number of anilines is 1. The van der Waals surface area contributed by atoms with Crippen LogP contribution in [0.25, 0.3) is 21.3 Å². The van der Waals surface area contributed by atoms with E-state index < -0.39 is 0 Å². The van der Waals surface area contributed by atoms with Crippen LogP contribution in [-0.4, -0.2) is 26.6 Å². The average Bonchev–Trinajstić information content (AvgIpc) is 3.16. The van der Waals surface area contributed by atoms with E-state index in [1.54, 1.807) is 0 Å². The van der Waals surface area contributed by atoms with Crippen LogP contribution in [0.3, 0.4) is 0 Å². The SMILES string of the molecule is Cc1cc(C)c2sc(NC(=O)CSc3nc4ccccc4[nH]3)nc2c1.